The van der Waals surface area contributed by atoms with E-state index in [1.807, 2.05) is 81.4 Å². The fourth-order valence-corrected chi connectivity index (χ4v) is 3.74. The van der Waals surface area contributed by atoms with E-state index in [9.17, 15) is 5.11 Å². The summed E-state index contributed by atoms with van der Waals surface area (Å²) < 4.78 is 0. The van der Waals surface area contributed by atoms with Crippen LogP contribution >= 0.6 is 0 Å². The van der Waals surface area contributed by atoms with Crippen molar-refractivity contribution in [3.8, 4) is 5.75 Å². The molecule has 5 nitrogen and oxygen atoms in total. The Balaban J connectivity index is 1.85. The minimum atomic E-state index is 0.141. The van der Waals surface area contributed by atoms with Gasteiger partial charge in [0.15, 0.2) is 5.75 Å². The van der Waals surface area contributed by atoms with Gasteiger partial charge in [-0.2, -0.15) is 0 Å². The van der Waals surface area contributed by atoms with Crippen LogP contribution in [-0.2, 0) is 0 Å². The number of azo groups is 1. The minimum Gasteiger partial charge on any atom is -0.505 e. The minimum absolute atomic E-state index is 0.141. The maximum absolute atomic E-state index is 11.0. The first-order valence-electron chi connectivity index (χ1n) is 10.1. The van der Waals surface area contributed by atoms with Crippen molar-refractivity contribution in [2.75, 3.05) is 11.9 Å². The summed E-state index contributed by atoms with van der Waals surface area (Å²) in [5.74, 6) is 0.141. The van der Waals surface area contributed by atoms with Crippen LogP contribution in [0.3, 0.4) is 0 Å². The van der Waals surface area contributed by atoms with Crippen LogP contribution in [0.2, 0.25) is 0 Å². The summed E-state index contributed by atoms with van der Waals surface area (Å²) in [5.41, 5.74) is 3.87. The number of aliphatic imine (C=N–C) groups is 1. The summed E-state index contributed by atoms with van der Waals surface area (Å²) in [4.78, 5) is 4.44. The Morgan fingerprint density at radius 1 is 0.933 bits per heavy atom. The number of nitrogens with zero attached hydrogens (tertiary/aromatic N) is 3. The molecule has 0 aromatic heterocycles. The third kappa shape index (κ3) is 3.50. The molecule has 150 valence electrons. The monoisotopic (exact) mass is 396 g/mol. The van der Waals surface area contributed by atoms with Crippen molar-refractivity contribution in [1.82, 2.24) is 0 Å². The SMILES string of the molecule is CC=Nc1ccc(N=Nc2c(C)cc3cccc(NCC)c3c2O)c2ccccc12. The number of anilines is 1. The van der Waals surface area contributed by atoms with Gasteiger partial charge in [0.25, 0.3) is 0 Å². The standard InChI is InChI=1S/C25H24N4O/c1-4-26-20-13-14-21(19-11-7-6-10-18(19)20)28-29-24-16(3)15-17-9-8-12-22(27-5-2)23(17)25(24)30/h4,6-15,27,30H,5H2,1-3H3. The molecule has 30 heavy (non-hydrogen) atoms. The highest BCUT2D eigenvalue weighted by atomic mass is 16.3. The Kier molecular flexibility index (Phi) is 5.44. The van der Waals surface area contributed by atoms with Gasteiger partial charge in [-0.3, -0.25) is 4.99 Å². The Morgan fingerprint density at radius 2 is 1.67 bits per heavy atom. The average molecular weight is 396 g/mol. The number of phenols is 1. The average Bonchev–Trinajstić information content (AvgIpc) is 2.75. The van der Waals surface area contributed by atoms with Crippen LogP contribution in [0.15, 0.2) is 75.9 Å². The zero-order chi connectivity index (χ0) is 21.1. The van der Waals surface area contributed by atoms with Gasteiger partial charge in [-0.05, 0) is 56.0 Å². The quantitative estimate of drug-likeness (QED) is 0.270. The lowest BCUT2D eigenvalue weighted by atomic mass is 10.0. The normalized spacial score (nSPS) is 11.8. The Morgan fingerprint density at radius 3 is 2.40 bits per heavy atom. The first kappa shape index (κ1) is 19.6. The highest BCUT2D eigenvalue weighted by Gasteiger charge is 2.14. The molecular formula is C25H24N4O. The van der Waals surface area contributed by atoms with Gasteiger partial charge in [0.2, 0.25) is 0 Å². The van der Waals surface area contributed by atoms with E-state index in [2.05, 4.69) is 20.5 Å². The lowest BCUT2D eigenvalue weighted by molar-refractivity contribution is 0.482. The summed E-state index contributed by atoms with van der Waals surface area (Å²) >= 11 is 0. The van der Waals surface area contributed by atoms with Crippen molar-refractivity contribution in [3.63, 3.8) is 0 Å². The molecule has 0 saturated carbocycles. The molecule has 2 N–H and O–H groups in total. The second-order valence-corrected chi connectivity index (χ2v) is 7.06. The summed E-state index contributed by atoms with van der Waals surface area (Å²) in [7, 11) is 0. The number of phenolic OH excluding ortho intramolecular Hbond substituents is 1. The van der Waals surface area contributed by atoms with Crippen LogP contribution < -0.4 is 5.32 Å². The molecule has 0 fully saturated rings. The van der Waals surface area contributed by atoms with Gasteiger partial charge < -0.3 is 10.4 Å². The van der Waals surface area contributed by atoms with Crippen molar-refractivity contribution < 1.29 is 5.11 Å². The number of nitrogens with one attached hydrogen (secondary N) is 1. The molecule has 0 radical (unpaired) electrons. The molecule has 0 saturated heterocycles. The van der Waals surface area contributed by atoms with E-state index in [1.54, 1.807) is 6.21 Å². The van der Waals surface area contributed by atoms with Crippen LogP contribution in [0.5, 0.6) is 5.75 Å². The Hall–Kier alpha value is -3.73. The molecule has 0 bridgehead atoms. The van der Waals surface area contributed by atoms with E-state index < -0.39 is 0 Å². The topological polar surface area (TPSA) is 69.3 Å². The van der Waals surface area contributed by atoms with Gasteiger partial charge in [-0.15, -0.1) is 10.2 Å². The van der Waals surface area contributed by atoms with Crippen molar-refractivity contribution in [1.29, 1.82) is 0 Å². The van der Waals surface area contributed by atoms with E-state index in [4.69, 9.17) is 0 Å². The maximum Gasteiger partial charge on any atom is 0.153 e. The first-order valence-corrected chi connectivity index (χ1v) is 10.1. The molecular weight excluding hydrogens is 372 g/mol. The third-order valence-corrected chi connectivity index (χ3v) is 5.07. The van der Waals surface area contributed by atoms with Crippen LogP contribution in [0.25, 0.3) is 21.5 Å². The Bertz CT molecular complexity index is 1290. The van der Waals surface area contributed by atoms with Crippen LogP contribution in [-0.4, -0.2) is 17.9 Å². The van der Waals surface area contributed by atoms with E-state index in [0.717, 1.165) is 50.7 Å². The number of hydrogen-bond donors (Lipinski definition) is 2. The van der Waals surface area contributed by atoms with Gasteiger partial charge in [0.1, 0.15) is 5.69 Å². The van der Waals surface area contributed by atoms with E-state index in [-0.39, 0.29) is 5.75 Å². The van der Waals surface area contributed by atoms with E-state index >= 15 is 0 Å². The van der Waals surface area contributed by atoms with Gasteiger partial charge in [-0.25, -0.2) is 0 Å². The van der Waals surface area contributed by atoms with Crippen molar-refractivity contribution in [3.05, 3.63) is 66.2 Å². The summed E-state index contributed by atoms with van der Waals surface area (Å²) in [6, 6.07) is 19.8. The predicted octanol–water partition coefficient (Wildman–Crippen LogP) is 7.58. The summed E-state index contributed by atoms with van der Waals surface area (Å²) in [6.45, 7) is 6.63. The fraction of sp³-hybridized carbons (Fsp3) is 0.160. The third-order valence-electron chi connectivity index (χ3n) is 5.07. The van der Waals surface area contributed by atoms with E-state index in [0.29, 0.717) is 5.69 Å². The number of rotatable bonds is 5. The second-order valence-electron chi connectivity index (χ2n) is 7.06. The molecule has 4 aromatic carbocycles. The molecule has 0 amide bonds. The smallest absolute Gasteiger partial charge is 0.153 e. The molecule has 0 atom stereocenters. The molecule has 0 aliphatic rings. The number of benzene rings is 4. The lowest BCUT2D eigenvalue weighted by Gasteiger charge is -2.12. The van der Waals surface area contributed by atoms with Crippen LogP contribution in [0, 0.1) is 6.92 Å². The highest BCUT2D eigenvalue weighted by Crippen LogP contribution is 2.42. The molecule has 0 aliphatic heterocycles. The molecule has 0 aliphatic carbocycles. The molecule has 0 heterocycles. The van der Waals surface area contributed by atoms with Gasteiger partial charge in [-0.1, -0.05) is 36.4 Å². The zero-order valence-corrected chi connectivity index (χ0v) is 17.3. The van der Waals surface area contributed by atoms with Gasteiger partial charge >= 0.3 is 0 Å². The largest absolute Gasteiger partial charge is 0.505 e. The number of hydrogen-bond acceptors (Lipinski definition) is 5. The molecule has 4 rings (SSSR count). The van der Waals surface area contributed by atoms with Crippen molar-refractivity contribution in [2.24, 2.45) is 15.2 Å². The predicted molar refractivity (Wildman–Crippen MR) is 126 cm³/mol. The highest BCUT2D eigenvalue weighted by molar-refractivity contribution is 6.03. The summed E-state index contributed by atoms with van der Waals surface area (Å²) in [6.07, 6.45) is 1.78. The fourth-order valence-electron chi connectivity index (χ4n) is 3.74. The van der Waals surface area contributed by atoms with Gasteiger partial charge in [0.05, 0.1) is 11.4 Å². The Labute approximate surface area is 175 Å². The number of fused-ring (bicyclic) bond motifs is 2. The summed E-state index contributed by atoms with van der Waals surface area (Å²) in [5, 5.41) is 27.0. The molecule has 0 spiro atoms. The van der Waals surface area contributed by atoms with Crippen molar-refractivity contribution in [2.45, 2.75) is 20.8 Å². The first-order chi connectivity index (χ1) is 14.6. The second kappa shape index (κ2) is 8.33. The van der Waals surface area contributed by atoms with Crippen molar-refractivity contribution >= 4 is 50.5 Å². The molecule has 5 heteroatoms. The van der Waals surface area contributed by atoms with Crippen LogP contribution in [0.4, 0.5) is 22.7 Å². The maximum atomic E-state index is 11.0. The van der Waals surface area contributed by atoms with E-state index in [1.165, 1.54) is 0 Å². The molecule has 0 unspecified atom stereocenters. The number of aryl methyl sites for hydroxylation is 1. The molecule has 4 aromatic rings. The lowest BCUT2D eigenvalue weighted by Crippen LogP contribution is -1.97. The van der Waals surface area contributed by atoms with Crippen LogP contribution in [0.1, 0.15) is 19.4 Å². The van der Waals surface area contributed by atoms with Gasteiger partial charge in [0, 0.05) is 34.6 Å². The number of aromatic hydroxyl groups is 1. The zero-order valence-electron chi connectivity index (χ0n) is 17.3.